The number of benzene rings is 1. The molecule has 5 rings (SSSR count). The first-order valence-electron chi connectivity index (χ1n) is 16.6. The van der Waals surface area contributed by atoms with Gasteiger partial charge in [-0.1, -0.05) is 52.3 Å². The number of hydrogen-bond donors (Lipinski definition) is 2. The Labute approximate surface area is 249 Å². The molecule has 0 heterocycles. The second-order valence-electron chi connectivity index (χ2n) is 14.7. The van der Waals surface area contributed by atoms with E-state index in [2.05, 4.69) is 34.4 Å². The van der Waals surface area contributed by atoms with E-state index in [0.29, 0.717) is 42.4 Å². The van der Waals surface area contributed by atoms with E-state index in [0.717, 1.165) is 69.5 Å². The molecule has 6 heteroatoms. The fraction of sp³-hybridized carbons (Fsp3) is 0.800. The highest BCUT2D eigenvalue weighted by Gasteiger charge is 2.68. The van der Waals surface area contributed by atoms with Gasteiger partial charge in [-0.3, -0.25) is 9.56 Å². The molecule has 6 unspecified atom stereocenters. The van der Waals surface area contributed by atoms with Gasteiger partial charge in [-0.05, 0) is 130 Å². The molecule has 4 aliphatic carbocycles. The van der Waals surface area contributed by atoms with E-state index in [1.165, 1.54) is 0 Å². The fourth-order valence-corrected chi connectivity index (χ4v) is 13.4. The molecule has 2 N–H and O–H groups in total. The van der Waals surface area contributed by atoms with Crippen LogP contribution < -0.4 is 5.30 Å². The second kappa shape index (κ2) is 11.8. The highest BCUT2D eigenvalue weighted by molar-refractivity contribution is 7.67. The summed E-state index contributed by atoms with van der Waals surface area (Å²) in [5.74, 6) is 2.21. The molecular weight excluding hydrogens is 529 g/mol. The number of nitrogens with zero attached hydrogens (tertiary/aromatic N) is 1. The van der Waals surface area contributed by atoms with Crippen LogP contribution in [0.1, 0.15) is 98.8 Å². The molecule has 12 atom stereocenters. The molecule has 0 radical (unpaired) electrons. The monoisotopic (exact) mass is 585 g/mol. The Hall–Kier alpha value is -1.00. The number of aliphatic hydroxyl groups excluding tert-OH is 2. The largest absolute Gasteiger partial charge is 0.393 e. The third-order valence-electron chi connectivity index (χ3n) is 13.3. The SMILES string of the molecule is C=NC1([C@H](C)CCCP(=O)(OCC)c2ccccc2)CCC2[C@H]3C(CCC21C)C1(C)CC[C@@H](O)C[C@H]1[C@@H](CC)[C@H]3O. The third kappa shape index (κ3) is 4.94. The quantitative estimate of drug-likeness (QED) is 0.220. The van der Waals surface area contributed by atoms with Crippen LogP contribution in [-0.2, 0) is 9.09 Å². The zero-order valence-electron chi connectivity index (χ0n) is 26.3. The molecule has 4 saturated carbocycles. The van der Waals surface area contributed by atoms with Gasteiger partial charge in [0.2, 0.25) is 7.37 Å². The van der Waals surface area contributed by atoms with Crippen LogP contribution in [0.3, 0.4) is 0 Å². The van der Waals surface area contributed by atoms with Crippen LogP contribution in [0.5, 0.6) is 0 Å². The average Bonchev–Trinajstić information content (AvgIpc) is 3.28. The smallest absolute Gasteiger partial charge is 0.232 e. The number of fused-ring (bicyclic) bond motifs is 5. The molecule has 0 bridgehead atoms. The fourth-order valence-electron chi connectivity index (χ4n) is 11.2. The summed E-state index contributed by atoms with van der Waals surface area (Å²) < 4.78 is 19.8. The number of hydrogen-bond acceptors (Lipinski definition) is 5. The van der Waals surface area contributed by atoms with Crippen molar-refractivity contribution in [1.82, 2.24) is 0 Å². The summed E-state index contributed by atoms with van der Waals surface area (Å²) in [5.41, 5.74) is -0.0383. The van der Waals surface area contributed by atoms with E-state index in [9.17, 15) is 14.8 Å². The lowest BCUT2D eigenvalue weighted by Gasteiger charge is -2.65. The van der Waals surface area contributed by atoms with Gasteiger partial charge in [0.1, 0.15) is 0 Å². The van der Waals surface area contributed by atoms with Crippen molar-refractivity contribution >= 4 is 19.4 Å². The van der Waals surface area contributed by atoms with Crippen molar-refractivity contribution in [2.45, 2.75) is 117 Å². The van der Waals surface area contributed by atoms with Crippen LogP contribution in [0, 0.1) is 46.3 Å². The van der Waals surface area contributed by atoms with Gasteiger partial charge in [0, 0.05) is 11.5 Å². The van der Waals surface area contributed by atoms with Crippen LogP contribution >= 0.6 is 7.37 Å². The molecule has 5 nitrogen and oxygen atoms in total. The predicted molar refractivity (Wildman–Crippen MR) is 169 cm³/mol. The number of aliphatic hydroxyl groups is 2. The van der Waals surface area contributed by atoms with Gasteiger partial charge < -0.3 is 14.7 Å². The molecule has 230 valence electrons. The van der Waals surface area contributed by atoms with E-state index in [1.54, 1.807) is 0 Å². The molecule has 0 aromatic heterocycles. The summed E-state index contributed by atoms with van der Waals surface area (Å²) in [7, 11) is -2.90. The molecule has 0 aliphatic heterocycles. The van der Waals surface area contributed by atoms with Crippen molar-refractivity contribution in [1.29, 1.82) is 0 Å². The number of aliphatic imine (C=N–C) groups is 1. The van der Waals surface area contributed by atoms with Gasteiger partial charge in [0.25, 0.3) is 0 Å². The average molecular weight is 586 g/mol. The molecule has 0 saturated heterocycles. The molecule has 0 spiro atoms. The first kappa shape index (κ1) is 31.4. The lowest BCUT2D eigenvalue weighted by atomic mass is 9.41. The summed E-state index contributed by atoms with van der Waals surface area (Å²) in [5, 5.41) is 23.5. The van der Waals surface area contributed by atoms with Crippen LogP contribution in [0.2, 0.25) is 0 Å². The van der Waals surface area contributed by atoms with Crippen LogP contribution in [0.15, 0.2) is 35.3 Å². The van der Waals surface area contributed by atoms with Gasteiger partial charge in [0.05, 0.1) is 24.4 Å². The summed E-state index contributed by atoms with van der Waals surface area (Å²) in [6.07, 6.45) is 9.97. The Bertz CT molecular complexity index is 1110. The Morgan fingerprint density at radius 1 is 1.05 bits per heavy atom. The maximum atomic E-state index is 13.9. The summed E-state index contributed by atoms with van der Waals surface area (Å²) in [6, 6.07) is 9.71. The predicted octanol–water partition coefficient (Wildman–Crippen LogP) is 7.49. The van der Waals surface area contributed by atoms with Gasteiger partial charge in [-0.25, -0.2) is 0 Å². The number of rotatable bonds is 10. The van der Waals surface area contributed by atoms with Gasteiger partial charge in [0.15, 0.2) is 0 Å². The maximum absolute atomic E-state index is 13.9. The molecule has 1 aromatic rings. The van der Waals surface area contributed by atoms with E-state index in [-0.39, 0.29) is 34.5 Å². The first-order valence-corrected chi connectivity index (χ1v) is 18.5. The van der Waals surface area contributed by atoms with Crippen molar-refractivity contribution in [3.8, 4) is 0 Å². The molecule has 1 aromatic carbocycles. The minimum atomic E-state index is -2.90. The van der Waals surface area contributed by atoms with Crippen LogP contribution in [-0.4, -0.2) is 47.4 Å². The highest BCUT2D eigenvalue weighted by atomic mass is 31.2. The van der Waals surface area contributed by atoms with E-state index in [1.807, 2.05) is 37.3 Å². The second-order valence-corrected chi connectivity index (χ2v) is 17.2. The summed E-state index contributed by atoms with van der Waals surface area (Å²) in [6.45, 7) is 16.1. The first-order chi connectivity index (χ1) is 19.5. The van der Waals surface area contributed by atoms with Crippen molar-refractivity contribution in [2.24, 2.45) is 51.3 Å². The minimum absolute atomic E-state index is 0.00493. The summed E-state index contributed by atoms with van der Waals surface area (Å²) in [4.78, 5) is 5.03. The minimum Gasteiger partial charge on any atom is -0.393 e. The zero-order chi connectivity index (χ0) is 29.6. The Kier molecular flexibility index (Phi) is 9.07. The van der Waals surface area contributed by atoms with E-state index in [4.69, 9.17) is 9.52 Å². The van der Waals surface area contributed by atoms with Crippen molar-refractivity contribution in [3.63, 3.8) is 0 Å². The topological polar surface area (TPSA) is 79.1 Å². The highest BCUT2D eigenvalue weighted by Crippen LogP contribution is 2.71. The third-order valence-corrected chi connectivity index (χ3v) is 15.9. The van der Waals surface area contributed by atoms with Gasteiger partial charge >= 0.3 is 0 Å². The molecule has 4 fully saturated rings. The van der Waals surface area contributed by atoms with Crippen molar-refractivity contribution in [3.05, 3.63) is 30.3 Å². The van der Waals surface area contributed by atoms with Gasteiger partial charge in [-0.2, -0.15) is 0 Å². The maximum Gasteiger partial charge on any atom is 0.232 e. The van der Waals surface area contributed by atoms with Crippen molar-refractivity contribution in [2.75, 3.05) is 12.8 Å². The van der Waals surface area contributed by atoms with Crippen LogP contribution in [0.25, 0.3) is 0 Å². The molecule has 4 aliphatic rings. The van der Waals surface area contributed by atoms with E-state index >= 15 is 0 Å². The van der Waals surface area contributed by atoms with Crippen molar-refractivity contribution < 1.29 is 19.3 Å². The molecule has 41 heavy (non-hydrogen) atoms. The van der Waals surface area contributed by atoms with Crippen LogP contribution in [0.4, 0.5) is 0 Å². The standard InChI is InChI=1S/C35H56NO4P/c1-7-27-30-23-25(37)16-19-33(30,4)28-17-20-34(5)29(31(28)32(27)38)18-21-35(34,36-6)24(3)13-12-22-41(39,40-8-2)26-14-10-9-11-15-26/h9-11,14-15,24-25,27-32,37-38H,6-8,12-13,16-23H2,1-5H3/t24-,25-,27-,28?,29?,30+,31-,32-,33?,34?,35?,41?/m1/s1. The van der Waals surface area contributed by atoms with Gasteiger partial charge in [-0.15, -0.1) is 0 Å². The summed E-state index contributed by atoms with van der Waals surface area (Å²) >= 11 is 0. The zero-order valence-corrected chi connectivity index (χ0v) is 27.2. The Morgan fingerprint density at radius 2 is 1.76 bits per heavy atom. The molecule has 0 amide bonds. The Balaban J connectivity index is 1.37. The lowest BCUT2D eigenvalue weighted by molar-refractivity contribution is -0.204. The Morgan fingerprint density at radius 3 is 2.41 bits per heavy atom. The molecular formula is C35H56NO4P. The lowest BCUT2D eigenvalue weighted by Crippen LogP contribution is -2.63. The normalized spacial score (nSPS) is 44.2. The van der Waals surface area contributed by atoms with E-state index < -0.39 is 7.37 Å².